The average molecular weight is 568 g/mol. The molecule has 0 atom stereocenters. The van der Waals surface area contributed by atoms with E-state index in [0.29, 0.717) is 0 Å². The Labute approximate surface area is 256 Å². The van der Waals surface area contributed by atoms with Crippen LogP contribution in [0.2, 0.25) is 0 Å². The summed E-state index contributed by atoms with van der Waals surface area (Å²) in [5.74, 6) is 0. The molecular formula is C38H81NO. The van der Waals surface area contributed by atoms with Crippen LogP contribution in [0, 0.1) is 0 Å². The molecule has 0 fully saturated rings. The fourth-order valence-electron chi connectivity index (χ4n) is 5.72. The van der Waals surface area contributed by atoms with E-state index < -0.39 is 0 Å². The summed E-state index contributed by atoms with van der Waals surface area (Å²) in [5.41, 5.74) is 0. The van der Waals surface area contributed by atoms with Crippen LogP contribution in [-0.4, -0.2) is 27.3 Å². The minimum absolute atomic E-state index is 1.25. The van der Waals surface area contributed by atoms with Crippen LogP contribution in [0.5, 0.6) is 0 Å². The molecular weight excluding hydrogens is 486 g/mol. The molecule has 0 unspecified atom stereocenters. The minimum Gasteiger partial charge on any atom is -0.388 e. The third-order valence-corrected chi connectivity index (χ3v) is 8.41. The van der Waals surface area contributed by atoms with E-state index in [1.165, 1.54) is 219 Å². The molecule has 1 N–H and O–H groups in total. The van der Waals surface area contributed by atoms with Gasteiger partial charge in [-0.05, 0) is 25.9 Å². The summed E-state index contributed by atoms with van der Waals surface area (Å²) in [7, 11) is 3.25. The SMILES string of the molecule is CCCCCCCCCCCCCCCCCCNCCCCCCCCCCCCCCCCCC.COC. The molecule has 0 aliphatic carbocycles. The van der Waals surface area contributed by atoms with E-state index in [2.05, 4.69) is 23.9 Å². The van der Waals surface area contributed by atoms with Gasteiger partial charge in [0.15, 0.2) is 0 Å². The van der Waals surface area contributed by atoms with Crippen molar-refractivity contribution < 1.29 is 4.74 Å². The number of hydrogen-bond donors (Lipinski definition) is 1. The second-order valence-corrected chi connectivity index (χ2v) is 12.8. The summed E-state index contributed by atoms with van der Waals surface area (Å²) in [6.07, 6.45) is 46.7. The molecule has 244 valence electrons. The van der Waals surface area contributed by atoms with Crippen LogP contribution in [-0.2, 0) is 4.74 Å². The Hall–Kier alpha value is -0.0800. The van der Waals surface area contributed by atoms with Gasteiger partial charge in [0.2, 0.25) is 0 Å². The summed E-state index contributed by atoms with van der Waals surface area (Å²) in [6, 6.07) is 0. The molecule has 0 rings (SSSR count). The maximum atomic E-state index is 4.25. The maximum Gasteiger partial charge on any atom is 0.0351 e. The third-order valence-electron chi connectivity index (χ3n) is 8.41. The molecule has 0 heterocycles. The van der Waals surface area contributed by atoms with Crippen molar-refractivity contribution in [1.29, 1.82) is 0 Å². The molecule has 0 saturated heterocycles. The van der Waals surface area contributed by atoms with E-state index >= 15 is 0 Å². The lowest BCUT2D eigenvalue weighted by molar-refractivity contribution is 0.277. The van der Waals surface area contributed by atoms with Crippen molar-refractivity contribution in [2.75, 3.05) is 27.3 Å². The minimum atomic E-state index is 1.25. The maximum absolute atomic E-state index is 4.25. The number of ether oxygens (including phenoxy) is 1. The fourth-order valence-corrected chi connectivity index (χ4v) is 5.72. The molecule has 0 amide bonds. The van der Waals surface area contributed by atoms with Gasteiger partial charge in [-0.2, -0.15) is 0 Å². The molecule has 0 radical (unpaired) electrons. The molecule has 0 aliphatic rings. The van der Waals surface area contributed by atoms with E-state index in [9.17, 15) is 0 Å². The first-order chi connectivity index (χ1) is 19.8. The van der Waals surface area contributed by atoms with Gasteiger partial charge in [0, 0.05) is 14.2 Å². The van der Waals surface area contributed by atoms with E-state index in [1.807, 2.05) is 0 Å². The largest absolute Gasteiger partial charge is 0.388 e. The van der Waals surface area contributed by atoms with Gasteiger partial charge in [-0.15, -0.1) is 0 Å². The number of unbranched alkanes of at least 4 members (excludes halogenated alkanes) is 30. The molecule has 0 aromatic rings. The van der Waals surface area contributed by atoms with Gasteiger partial charge in [0.25, 0.3) is 0 Å². The molecule has 0 saturated carbocycles. The monoisotopic (exact) mass is 568 g/mol. The van der Waals surface area contributed by atoms with Crippen LogP contribution >= 0.6 is 0 Å². The highest BCUT2D eigenvalue weighted by molar-refractivity contribution is 4.54. The van der Waals surface area contributed by atoms with Crippen molar-refractivity contribution >= 4 is 0 Å². The molecule has 0 aromatic carbocycles. The zero-order valence-electron chi connectivity index (χ0n) is 28.9. The smallest absolute Gasteiger partial charge is 0.0351 e. The van der Waals surface area contributed by atoms with Crippen LogP contribution in [0.25, 0.3) is 0 Å². The first-order valence-corrected chi connectivity index (χ1v) is 18.9. The molecule has 0 bridgehead atoms. The summed E-state index contributed by atoms with van der Waals surface area (Å²) in [5, 5.41) is 3.68. The lowest BCUT2D eigenvalue weighted by atomic mass is 10.0. The van der Waals surface area contributed by atoms with Crippen molar-refractivity contribution in [1.82, 2.24) is 5.32 Å². The average Bonchev–Trinajstić information content (AvgIpc) is 2.96. The van der Waals surface area contributed by atoms with Crippen molar-refractivity contribution in [2.45, 2.75) is 219 Å². The number of hydrogen-bond acceptors (Lipinski definition) is 2. The number of methoxy groups -OCH3 is 1. The Morgan fingerprint density at radius 1 is 0.275 bits per heavy atom. The summed E-state index contributed by atoms with van der Waals surface area (Å²) in [6.45, 7) is 7.11. The van der Waals surface area contributed by atoms with E-state index in [1.54, 1.807) is 14.2 Å². The fraction of sp³-hybridized carbons (Fsp3) is 1.00. The first kappa shape index (κ1) is 42.1. The topological polar surface area (TPSA) is 21.3 Å². The lowest BCUT2D eigenvalue weighted by Gasteiger charge is -2.06. The van der Waals surface area contributed by atoms with E-state index in [4.69, 9.17) is 0 Å². The molecule has 40 heavy (non-hydrogen) atoms. The summed E-state index contributed by atoms with van der Waals surface area (Å²) in [4.78, 5) is 0. The second kappa shape index (κ2) is 43.4. The highest BCUT2D eigenvalue weighted by Crippen LogP contribution is 2.15. The Bertz CT molecular complexity index is 352. The molecule has 0 aromatic heterocycles. The van der Waals surface area contributed by atoms with Crippen LogP contribution in [0.15, 0.2) is 0 Å². The molecule has 0 spiro atoms. The first-order valence-electron chi connectivity index (χ1n) is 18.9. The summed E-state index contributed by atoms with van der Waals surface area (Å²) >= 11 is 0. The third kappa shape index (κ3) is 44.9. The Morgan fingerprint density at radius 2 is 0.425 bits per heavy atom. The zero-order valence-corrected chi connectivity index (χ0v) is 28.9. The van der Waals surface area contributed by atoms with E-state index in [-0.39, 0.29) is 0 Å². The van der Waals surface area contributed by atoms with Crippen LogP contribution in [0.4, 0.5) is 0 Å². The summed E-state index contributed by atoms with van der Waals surface area (Å²) < 4.78 is 4.25. The Kier molecular flexibility index (Phi) is 45.6. The Balaban J connectivity index is 0. The van der Waals surface area contributed by atoms with Crippen LogP contribution < -0.4 is 5.32 Å². The quantitative estimate of drug-likeness (QED) is 0.0781. The predicted octanol–water partition coefficient (Wildman–Crippen LogP) is 13.4. The number of rotatable bonds is 34. The van der Waals surface area contributed by atoms with Gasteiger partial charge in [-0.3, -0.25) is 0 Å². The zero-order chi connectivity index (χ0) is 29.5. The van der Waals surface area contributed by atoms with Crippen LogP contribution in [0.1, 0.15) is 219 Å². The second-order valence-electron chi connectivity index (χ2n) is 12.8. The van der Waals surface area contributed by atoms with Gasteiger partial charge in [-0.25, -0.2) is 0 Å². The van der Waals surface area contributed by atoms with E-state index in [0.717, 1.165) is 0 Å². The van der Waals surface area contributed by atoms with Crippen molar-refractivity contribution in [2.24, 2.45) is 0 Å². The van der Waals surface area contributed by atoms with Crippen molar-refractivity contribution in [3.05, 3.63) is 0 Å². The molecule has 0 aliphatic heterocycles. The Morgan fingerprint density at radius 3 is 0.600 bits per heavy atom. The predicted molar refractivity (Wildman–Crippen MR) is 185 cm³/mol. The highest BCUT2D eigenvalue weighted by Gasteiger charge is 1.97. The highest BCUT2D eigenvalue weighted by atomic mass is 16.4. The van der Waals surface area contributed by atoms with Crippen LogP contribution in [0.3, 0.4) is 0 Å². The molecule has 2 nitrogen and oxygen atoms in total. The number of nitrogens with one attached hydrogen (secondary N) is 1. The van der Waals surface area contributed by atoms with Gasteiger partial charge < -0.3 is 10.1 Å². The molecule has 2 heteroatoms. The van der Waals surface area contributed by atoms with Gasteiger partial charge in [0.1, 0.15) is 0 Å². The van der Waals surface area contributed by atoms with Gasteiger partial charge in [0.05, 0.1) is 0 Å². The van der Waals surface area contributed by atoms with Gasteiger partial charge in [-0.1, -0.05) is 206 Å². The van der Waals surface area contributed by atoms with Crippen molar-refractivity contribution in [3.63, 3.8) is 0 Å². The standard InChI is InChI=1S/C36H75N.C2H6O/c1-3-5-7-9-11-13-15-17-19-21-23-25-27-29-31-33-35-37-36-34-32-30-28-26-24-22-20-18-16-14-12-10-8-6-4-2;1-3-2/h37H,3-36H2,1-2H3;1-2H3. The lowest BCUT2D eigenvalue weighted by Crippen LogP contribution is -2.16. The van der Waals surface area contributed by atoms with Gasteiger partial charge >= 0.3 is 0 Å². The normalized spacial score (nSPS) is 11.1. The van der Waals surface area contributed by atoms with Crippen molar-refractivity contribution in [3.8, 4) is 0 Å².